The van der Waals surface area contributed by atoms with Crippen LogP contribution in [-0.4, -0.2) is 24.5 Å². The summed E-state index contributed by atoms with van der Waals surface area (Å²) in [5.74, 6) is 0.785. The standard InChI is InChI=1S/C16H25N/c1-16(2,3)13-17-11-9-15(10-12-17)14-7-5-4-6-8-14/h4-8,15H,9-13H2,1-3H3. The van der Waals surface area contributed by atoms with Crippen LogP contribution in [0, 0.1) is 5.41 Å². The molecule has 1 aliphatic heterocycles. The van der Waals surface area contributed by atoms with Gasteiger partial charge < -0.3 is 4.90 Å². The zero-order valence-corrected chi connectivity index (χ0v) is 11.4. The fraction of sp³-hybridized carbons (Fsp3) is 0.625. The van der Waals surface area contributed by atoms with Crippen molar-refractivity contribution < 1.29 is 0 Å². The highest BCUT2D eigenvalue weighted by Gasteiger charge is 2.23. The highest BCUT2D eigenvalue weighted by molar-refractivity contribution is 5.20. The fourth-order valence-electron chi connectivity index (χ4n) is 2.82. The molecule has 1 nitrogen and oxygen atoms in total. The number of benzene rings is 1. The number of piperidine rings is 1. The van der Waals surface area contributed by atoms with E-state index in [1.165, 1.54) is 38.0 Å². The van der Waals surface area contributed by atoms with Crippen molar-refractivity contribution in [3.8, 4) is 0 Å². The summed E-state index contributed by atoms with van der Waals surface area (Å²) < 4.78 is 0. The SMILES string of the molecule is CC(C)(C)CN1CCC(c2ccccc2)CC1. The van der Waals surface area contributed by atoms with Crippen LogP contribution >= 0.6 is 0 Å². The molecule has 0 amide bonds. The van der Waals surface area contributed by atoms with Crippen LogP contribution in [0.25, 0.3) is 0 Å². The van der Waals surface area contributed by atoms with Crippen molar-refractivity contribution in [2.75, 3.05) is 19.6 Å². The first kappa shape index (κ1) is 12.6. The van der Waals surface area contributed by atoms with E-state index in [9.17, 15) is 0 Å². The zero-order valence-electron chi connectivity index (χ0n) is 11.4. The van der Waals surface area contributed by atoms with Gasteiger partial charge in [0.1, 0.15) is 0 Å². The molecule has 1 aromatic rings. The van der Waals surface area contributed by atoms with Crippen LogP contribution in [0.4, 0.5) is 0 Å². The minimum atomic E-state index is 0.430. The Morgan fingerprint density at radius 2 is 1.65 bits per heavy atom. The fourth-order valence-corrected chi connectivity index (χ4v) is 2.82. The van der Waals surface area contributed by atoms with Gasteiger partial charge in [0, 0.05) is 6.54 Å². The van der Waals surface area contributed by atoms with E-state index in [0.29, 0.717) is 5.41 Å². The van der Waals surface area contributed by atoms with E-state index >= 15 is 0 Å². The molecular weight excluding hydrogens is 206 g/mol. The van der Waals surface area contributed by atoms with Crippen molar-refractivity contribution in [3.05, 3.63) is 35.9 Å². The molecule has 1 heterocycles. The lowest BCUT2D eigenvalue weighted by Gasteiger charge is -2.36. The maximum atomic E-state index is 2.62. The maximum Gasteiger partial charge on any atom is 0.00300 e. The first-order valence-electron chi connectivity index (χ1n) is 6.82. The molecule has 0 aliphatic carbocycles. The monoisotopic (exact) mass is 231 g/mol. The molecule has 1 heteroatoms. The van der Waals surface area contributed by atoms with Crippen LogP contribution in [0.15, 0.2) is 30.3 Å². The first-order chi connectivity index (χ1) is 8.04. The first-order valence-corrected chi connectivity index (χ1v) is 6.82. The van der Waals surface area contributed by atoms with Gasteiger partial charge in [-0.2, -0.15) is 0 Å². The Morgan fingerprint density at radius 1 is 1.06 bits per heavy atom. The van der Waals surface area contributed by atoms with Crippen LogP contribution in [0.3, 0.4) is 0 Å². The number of rotatable bonds is 2. The summed E-state index contributed by atoms with van der Waals surface area (Å²) in [6, 6.07) is 11.0. The third-order valence-corrected chi connectivity index (χ3v) is 3.56. The van der Waals surface area contributed by atoms with Gasteiger partial charge in [-0.05, 0) is 42.8 Å². The second kappa shape index (κ2) is 5.22. The summed E-state index contributed by atoms with van der Waals surface area (Å²) in [7, 11) is 0. The Balaban J connectivity index is 1.86. The Kier molecular flexibility index (Phi) is 3.88. The lowest BCUT2D eigenvalue weighted by atomic mass is 9.88. The molecule has 0 aromatic heterocycles. The van der Waals surface area contributed by atoms with Gasteiger partial charge in [-0.25, -0.2) is 0 Å². The number of hydrogen-bond donors (Lipinski definition) is 0. The van der Waals surface area contributed by atoms with E-state index in [1.807, 2.05) is 0 Å². The Bertz CT molecular complexity index is 328. The minimum Gasteiger partial charge on any atom is -0.303 e. The smallest absolute Gasteiger partial charge is 0.00300 e. The molecule has 1 aromatic carbocycles. The third-order valence-electron chi connectivity index (χ3n) is 3.56. The number of hydrogen-bond acceptors (Lipinski definition) is 1. The van der Waals surface area contributed by atoms with Crippen molar-refractivity contribution in [2.45, 2.75) is 39.5 Å². The van der Waals surface area contributed by atoms with Gasteiger partial charge in [-0.1, -0.05) is 51.1 Å². The van der Waals surface area contributed by atoms with Crippen LogP contribution in [0.5, 0.6) is 0 Å². The van der Waals surface area contributed by atoms with Crippen molar-refractivity contribution in [1.82, 2.24) is 4.90 Å². The average molecular weight is 231 g/mol. The van der Waals surface area contributed by atoms with E-state index in [2.05, 4.69) is 56.0 Å². The molecule has 0 radical (unpaired) electrons. The Morgan fingerprint density at radius 3 is 2.18 bits per heavy atom. The van der Waals surface area contributed by atoms with Crippen molar-refractivity contribution in [3.63, 3.8) is 0 Å². The molecule has 0 bridgehead atoms. The summed E-state index contributed by atoms with van der Waals surface area (Å²) in [6.07, 6.45) is 2.64. The van der Waals surface area contributed by atoms with Crippen LogP contribution in [-0.2, 0) is 0 Å². The van der Waals surface area contributed by atoms with E-state index in [4.69, 9.17) is 0 Å². The maximum absolute atomic E-state index is 2.62. The molecule has 1 fully saturated rings. The molecule has 1 saturated heterocycles. The molecular formula is C16H25N. The molecule has 0 spiro atoms. The molecule has 17 heavy (non-hydrogen) atoms. The molecule has 0 unspecified atom stereocenters. The molecule has 2 rings (SSSR count). The number of likely N-dealkylation sites (tertiary alicyclic amines) is 1. The summed E-state index contributed by atoms with van der Waals surface area (Å²) in [5.41, 5.74) is 1.96. The second-order valence-electron chi connectivity index (χ2n) is 6.52. The van der Waals surface area contributed by atoms with Gasteiger partial charge in [0.25, 0.3) is 0 Å². The summed E-state index contributed by atoms with van der Waals surface area (Å²) in [5, 5.41) is 0. The summed E-state index contributed by atoms with van der Waals surface area (Å²) in [6.45, 7) is 10.7. The Labute approximate surface area is 106 Å². The molecule has 0 saturated carbocycles. The minimum absolute atomic E-state index is 0.430. The van der Waals surface area contributed by atoms with Crippen LogP contribution < -0.4 is 0 Å². The molecule has 1 aliphatic rings. The number of nitrogens with zero attached hydrogens (tertiary/aromatic N) is 1. The summed E-state index contributed by atoms with van der Waals surface area (Å²) >= 11 is 0. The highest BCUT2D eigenvalue weighted by atomic mass is 15.1. The van der Waals surface area contributed by atoms with Gasteiger partial charge in [-0.3, -0.25) is 0 Å². The van der Waals surface area contributed by atoms with Gasteiger partial charge in [0.2, 0.25) is 0 Å². The lowest BCUT2D eigenvalue weighted by molar-refractivity contribution is 0.154. The van der Waals surface area contributed by atoms with Crippen LogP contribution in [0.2, 0.25) is 0 Å². The predicted molar refractivity (Wildman–Crippen MR) is 74.3 cm³/mol. The van der Waals surface area contributed by atoms with E-state index in [0.717, 1.165) is 5.92 Å². The highest BCUT2D eigenvalue weighted by Crippen LogP contribution is 2.29. The van der Waals surface area contributed by atoms with Gasteiger partial charge in [-0.15, -0.1) is 0 Å². The van der Waals surface area contributed by atoms with Crippen molar-refractivity contribution in [2.24, 2.45) is 5.41 Å². The summed E-state index contributed by atoms with van der Waals surface area (Å²) in [4.78, 5) is 2.62. The molecule has 94 valence electrons. The van der Waals surface area contributed by atoms with Crippen LogP contribution in [0.1, 0.15) is 45.1 Å². The van der Waals surface area contributed by atoms with Crippen molar-refractivity contribution in [1.29, 1.82) is 0 Å². The Hall–Kier alpha value is -0.820. The second-order valence-corrected chi connectivity index (χ2v) is 6.52. The van der Waals surface area contributed by atoms with Gasteiger partial charge >= 0.3 is 0 Å². The van der Waals surface area contributed by atoms with Gasteiger partial charge in [0.05, 0.1) is 0 Å². The largest absolute Gasteiger partial charge is 0.303 e. The van der Waals surface area contributed by atoms with E-state index in [1.54, 1.807) is 0 Å². The third kappa shape index (κ3) is 3.85. The quantitative estimate of drug-likeness (QED) is 0.746. The van der Waals surface area contributed by atoms with Crippen molar-refractivity contribution >= 4 is 0 Å². The topological polar surface area (TPSA) is 3.24 Å². The van der Waals surface area contributed by atoms with E-state index < -0.39 is 0 Å². The predicted octanol–water partition coefficient (Wildman–Crippen LogP) is 3.91. The average Bonchev–Trinajstić information content (AvgIpc) is 2.29. The lowest BCUT2D eigenvalue weighted by Crippen LogP contribution is -2.38. The molecule has 0 atom stereocenters. The zero-order chi connectivity index (χ0) is 12.3. The molecule has 0 N–H and O–H groups in total. The van der Waals surface area contributed by atoms with E-state index in [-0.39, 0.29) is 0 Å². The normalized spacial score (nSPS) is 19.5. The van der Waals surface area contributed by atoms with Gasteiger partial charge in [0.15, 0.2) is 0 Å².